The zero-order chi connectivity index (χ0) is 22.7. The van der Waals surface area contributed by atoms with Crippen molar-refractivity contribution in [3.63, 3.8) is 0 Å². The number of methoxy groups -OCH3 is 1. The number of ether oxygens (including phenoxy) is 3. The van der Waals surface area contributed by atoms with Crippen molar-refractivity contribution >= 4 is 8.32 Å². The minimum Gasteiger partial charge on any atom is -0.408 e. The summed E-state index contributed by atoms with van der Waals surface area (Å²) in [5.41, 5.74) is 1.12. The number of unbranched alkanes of at least 4 members (excludes halogenated alkanes) is 1. The first-order chi connectivity index (χ1) is 15.0. The highest BCUT2D eigenvalue weighted by Crippen LogP contribution is 2.32. The number of aliphatic hydroxyl groups excluding tert-OH is 1. The van der Waals surface area contributed by atoms with E-state index < -0.39 is 26.6 Å². The van der Waals surface area contributed by atoms with Gasteiger partial charge in [0, 0.05) is 7.11 Å². The fourth-order valence-corrected chi connectivity index (χ4v) is 7.07. The van der Waals surface area contributed by atoms with Crippen LogP contribution < -0.4 is 0 Å². The second-order valence-corrected chi connectivity index (χ2v) is 13.1. The molecule has 2 rings (SSSR count). The molecule has 31 heavy (non-hydrogen) atoms. The molecule has 1 aromatic carbocycles. The molecule has 1 aliphatic heterocycles. The lowest BCUT2D eigenvalue weighted by atomic mass is 9.94. The van der Waals surface area contributed by atoms with E-state index in [2.05, 4.69) is 33.8 Å². The van der Waals surface area contributed by atoms with Crippen molar-refractivity contribution in [2.75, 3.05) is 13.7 Å². The Kier molecular flexibility index (Phi) is 11.4. The van der Waals surface area contributed by atoms with E-state index in [1.54, 1.807) is 7.11 Å². The fraction of sp³-hybridized carbons (Fsp3) is 0.680. The van der Waals surface area contributed by atoms with Crippen LogP contribution in [0.2, 0.25) is 18.1 Å². The predicted molar refractivity (Wildman–Crippen MR) is 128 cm³/mol. The Hall–Kier alpha value is -1.02. The number of benzene rings is 1. The van der Waals surface area contributed by atoms with E-state index in [4.69, 9.17) is 18.6 Å². The third-order valence-electron chi connectivity index (χ3n) is 6.46. The third-order valence-corrected chi connectivity index (χ3v) is 11.1. The molecule has 0 bridgehead atoms. The third kappa shape index (κ3) is 7.24. The summed E-state index contributed by atoms with van der Waals surface area (Å²) in [6.07, 6.45) is 3.78. The molecule has 5 unspecified atom stereocenters. The minimum atomic E-state index is -1.95. The lowest BCUT2D eigenvalue weighted by Crippen LogP contribution is -2.62. The topological polar surface area (TPSA) is 57.2 Å². The highest BCUT2D eigenvalue weighted by Gasteiger charge is 2.48. The Bertz CT molecular complexity index is 626. The Balaban J connectivity index is 2.19. The number of allylic oxidation sites excluding steroid dienone is 1. The number of rotatable bonds is 13. The molecule has 1 N–H and O–H groups in total. The van der Waals surface area contributed by atoms with Gasteiger partial charge in [0.05, 0.1) is 13.2 Å². The standard InChI is InChI=1S/C25H42O5Si/c1-6-10-12-17-21-23(26)25(30-31(7-2,8-3)9-4)24(27-5)22(29-21)19-28-18-20-15-13-11-14-16-20/h11-17,21-26H,6-10,18-19H2,1-5H3/b17-12+. The van der Waals surface area contributed by atoms with E-state index in [0.29, 0.717) is 13.2 Å². The van der Waals surface area contributed by atoms with Gasteiger partial charge >= 0.3 is 0 Å². The zero-order valence-corrected chi connectivity index (χ0v) is 21.0. The first-order valence-corrected chi connectivity index (χ1v) is 14.4. The van der Waals surface area contributed by atoms with E-state index in [1.165, 1.54) is 0 Å². The van der Waals surface area contributed by atoms with Gasteiger partial charge in [-0.3, -0.25) is 0 Å². The van der Waals surface area contributed by atoms with Gasteiger partial charge in [0.25, 0.3) is 0 Å². The zero-order valence-electron chi connectivity index (χ0n) is 20.0. The molecule has 176 valence electrons. The van der Waals surface area contributed by atoms with Gasteiger partial charge in [0.15, 0.2) is 8.32 Å². The fourth-order valence-electron chi connectivity index (χ4n) is 4.22. The molecular weight excluding hydrogens is 408 g/mol. The van der Waals surface area contributed by atoms with Crippen LogP contribution in [0, 0.1) is 0 Å². The smallest absolute Gasteiger partial charge is 0.192 e. The highest BCUT2D eigenvalue weighted by atomic mass is 28.4. The van der Waals surface area contributed by atoms with Gasteiger partial charge in [-0.2, -0.15) is 0 Å². The Morgan fingerprint density at radius 3 is 2.29 bits per heavy atom. The highest BCUT2D eigenvalue weighted by molar-refractivity contribution is 6.73. The van der Waals surface area contributed by atoms with Crippen LogP contribution >= 0.6 is 0 Å². The van der Waals surface area contributed by atoms with Crippen molar-refractivity contribution in [1.29, 1.82) is 0 Å². The first kappa shape index (κ1) is 26.2. The first-order valence-electron chi connectivity index (χ1n) is 11.9. The maximum atomic E-state index is 11.2. The summed E-state index contributed by atoms with van der Waals surface area (Å²) in [5.74, 6) is 0. The van der Waals surface area contributed by atoms with Gasteiger partial charge in [0.1, 0.15) is 30.5 Å². The number of aliphatic hydroxyl groups is 1. The van der Waals surface area contributed by atoms with Gasteiger partial charge in [-0.25, -0.2) is 0 Å². The van der Waals surface area contributed by atoms with E-state index in [1.807, 2.05) is 36.4 Å². The van der Waals surface area contributed by atoms with Gasteiger partial charge in [-0.15, -0.1) is 0 Å². The molecule has 5 nitrogen and oxygen atoms in total. The molecular formula is C25H42O5Si. The van der Waals surface area contributed by atoms with Crippen LogP contribution in [0.5, 0.6) is 0 Å². The van der Waals surface area contributed by atoms with Crippen LogP contribution in [0.4, 0.5) is 0 Å². The summed E-state index contributed by atoms with van der Waals surface area (Å²) in [4.78, 5) is 0. The van der Waals surface area contributed by atoms with Crippen molar-refractivity contribution in [1.82, 2.24) is 0 Å². The van der Waals surface area contributed by atoms with Crippen molar-refractivity contribution in [3.8, 4) is 0 Å². The quantitative estimate of drug-likeness (QED) is 0.335. The molecule has 0 aromatic heterocycles. The summed E-state index contributed by atoms with van der Waals surface area (Å²) in [5, 5.41) is 11.2. The average molecular weight is 451 g/mol. The Morgan fingerprint density at radius 2 is 1.71 bits per heavy atom. The molecule has 1 fully saturated rings. The van der Waals surface area contributed by atoms with Crippen LogP contribution in [-0.4, -0.2) is 57.7 Å². The molecule has 1 aliphatic rings. The molecule has 5 atom stereocenters. The van der Waals surface area contributed by atoms with Gasteiger partial charge in [-0.1, -0.05) is 76.6 Å². The maximum Gasteiger partial charge on any atom is 0.192 e. The predicted octanol–water partition coefficient (Wildman–Crippen LogP) is 5.09. The number of hydrogen-bond donors (Lipinski definition) is 1. The normalized spacial score (nSPS) is 27.1. The average Bonchev–Trinajstić information content (AvgIpc) is 2.81. The van der Waals surface area contributed by atoms with Crippen molar-refractivity contribution < 1.29 is 23.7 Å². The number of hydrogen-bond acceptors (Lipinski definition) is 5. The molecule has 1 aromatic rings. The van der Waals surface area contributed by atoms with Gasteiger partial charge in [0.2, 0.25) is 0 Å². The molecule has 0 spiro atoms. The summed E-state index contributed by atoms with van der Waals surface area (Å²) in [6, 6.07) is 13.2. The van der Waals surface area contributed by atoms with Crippen LogP contribution in [-0.2, 0) is 25.2 Å². The Morgan fingerprint density at radius 1 is 1.03 bits per heavy atom. The lowest BCUT2D eigenvalue weighted by molar-refractivity contribution is -0.224. The maximum absolute atomic E-state index is 11.2. The summed E-state index contributed by atoms with van der Waals surface area (Å²) < 4.78 is 24.9. The molecule has 0 amide bonds. The van der Waals surface area contributed by atoms with Gasteiger partial charge < -0.3 is 23.7 Å². The van der Waals surface area contributed by atoms with Crippen LogP contribution in [0.15, 0.2) is 42.5 Å². The molecule has 0 aliphatic carbocycles. The molecule has 0 radical (unpaired) electrons. The lowest BCUT2D eigenvalue weighted by Gasteiger charge is -2.46. The summed E-state index contributed by atoms with van der Waals surface area (Å²) >= 11 is 0. The van der Waals surface area contributed by atoms with Crippen LogP contribution in [0.3, 0.4) is 0 Å². The van der Waals surface area contributed by atoms with E-state index >= 15 is 0 Å². The van der Waals surface area contributed by atoms with Gasteiger partial charge in [-0.05, 0) is 30.1 Å². The van der Waals surface area contributed by atoms with E-state index in [-0.39, 0.29) is 12.2 Å². The van der Waals surface area contributed by atoms with Crippen LogP contribution in [0.25, 0.3) is 0 Å². The second kappa shape index (κ2) is 13.5. The Labute approximate surface area is 189 Å². The molecule has 0 saturated carbocycles. The second-order valence-electron chi connectivity index (χ2n) is 8.37. The molecule has 1 saturated heterocycles. The van der Waals surface area contributed by atoms with Crippen molar-refractivity contribution in [3.05, 3.63) is 48.0 Å². The molecule has 1 heterocycles. The van der Waals surface area contributed by atoms with E-state index in [9.17, 15) is 5.11 Å². The summed E-state index contributed by atoms with van der Waals surface area (Å²) in [6.45, 7) is 9.64. The minimum absolute atomic E-state index is 0.310. The monoisotopic (exact) mass is 450 g/mol. The molecule has 6 heteroatoms. The van der Waals surface area contributed by atoms with E-state index in [0.717, 1.165) is 36.5 Å². The van der Waals surface area contributed by atoms with Crippen molar-refractivity contribution in [2.45, 2.75) is 95.8 Å². The largest absolute Gasteiger partial charge is 0.408 e. The summed E-state index contributed by atoms with van der Waals surface area (Å²) in [7, 11) is -0.278. The van der Waals surface area contributed by atoms with Crippen molar-refractivity contribution in [2.24, 2.45) is 0 Å². The SMILES string of the molecule is CCC/C=C/C1OC(COCc2ccccc2)C(OC)C(O[Si](CC)(CC)CC)C1O. The van der Waals surface area contributed by atoms with Crippen LogP contribution in [0.1, 0.15) is 46.1 Å².